The fourth-order valence-electron chi connectivity index (χ4n) is 3.12. The smallest absolute Gasteiger partial charge is 0.293 e. The van der Waals surface area contributed by atoms with Crippen molar-refractivity contribution >= 4 is 23.6 Å². The molecule has 2 heterocycles. The van der Waals surface area contributed by atoms with E-state index in [9.17, 15) is 9.90 Å². The second-order valence-corrected chi connectivity index (χ2v) is 7.09. The van der Waals surface area contributed by atoms with Crippen molar-refractivity contribution in [1.82, 2.24) is 30.7 Å². The molecule has 4 aromatic rings. The minimum Gasteiger partial charge on any atom is -0.504 e. The molecule has 174 valence electrons. The van der Waals surface area contributed by atoms with E-state index in [1.165, 1.54) is 24.1 Å². The minimum absolute atomic E-state index is 0.000212. The number of hydrogen-bond donors (Lipinski definition) is 3. The van der Waals surface area contributed by atoms with Crippen molar-refractivity contribution in [2.45, 2.75) is 6.54 Å². The Morgan fingerprint density at radius 1 is 1.29 bits per heavy atom. The van der Waals surface area contributed by atoms with E-state index in [2.05, 4.69) is 35.8 Å². The van der Waals surface area contributed by atoms with Gasteiger partial charge in [-0.2, -0.15) is 9.78 Å². The molecule has 34 heavy (non-hydrogen) atoms. The molecule has 2 aromatic heterocycles. The van der Waals surface area contributed by atoms with E-state index in [1.54, 1.807) is 12.1 Å². The lowest BCUT2D eigenvalue weighted by Gasteiger charge is -2.19. The van der Waals surface area contributed by atoms with Gasteiger partial charge in [0, 0.05) is 12.7 Å². The van der Waals surface area contributed by atoms with Crippen molar-refractivity contribution in [3.63, 3.8) is 0 Å². The number of rotatable bonds is 8. The van der Waals surface area contributed by atoms with Crippen molar-refractivity contribution in [2.75, 3.05) is 24.8 Å². The van der Waals surface area contributed by atoms with Gasteiger partial charge < -0.3 is 20.5 Å². The standard InChI is InChI=1S/C21H21N9O4/c1-29(14-6-4-3-5-7-14)12-15-18(24-28-30(15)20-19(22)26-34-27-20)21(32)25-23-11-13-8-9-16(31)17(10-13)33-2/h3-11,31H,12H2,1-2H3,(H2,22,26)(H,25,32)/b23-11+. The van der Waals surface area contributed by atoms with E-state index in [4.69, 9.17) is 10.5 Å². The number of aromatic hydroxyl groups is 1. The number of phenolic OH excluding ortho intramolecular Hbond substituents is 1. The average Bonchev–Trinajstić information content (AvgIpc) is 3.46. The van der Waals surface area contributed by atoms with Gasteiger partial charge in [0.1, 0.15) is 0 Å². The van der Waals surface area contributed by atoms with Crippen LogP contribution in [-0.4, -0.2) is 56.7 Å². The van der Waals surface area contributed by atoms with Crippen molar-refractivity contribution in [3.05, 3.63) is 65.5 Å². The number of nitrogen functional groups attached to an aromatic ring is 1. The van der Waals surface area contributed by atoms with Crippen LogP contribution in [0.5, 0.6) is 11.5 Å². The number of nitrogens with two attached hydrogens (primary N) is 1. The van der Waals surface area contributed by atoms with Gasteiger partial charge in [0.15, 0.2) is 17.2 Å². The highest BCUT2D eigenvalue weighted by Gasteiger charge is 2.25. The number of phenols is 1. The van der Waals surface area contributed by atoms with Crippen LogP contribution in [0, 0.1) is 0 Å². The molecule has 0 saturated carbocycles. The Hall–Kier alpha value is -4.94. The second-order valence-electron chi connectivity index (χ2n) is 7.09. The third-order valence-electron chi connectivity index (χ3n) is 4.84. The second kappa shape index (κ2) is 9.68. The molecule has 4 N–H and O–H groups in total. The molecular weight excluding hydrogens is 442 g/mol. The molecule has 1 amide bonds. The van der Waals surface area contributed by atoms with Crippen molar-refractivity contribution in [1.29, 1.82) is 0 Å². The van der Waals surface area contributed by atoms with Gasteiger partial charge in [-0.3, -0.25) is 4.79 Å². The molecule has 0 aliphatic rings. The van der Waals surface area contributed by atoms with Crippen LogP contribution in [0.2, 0.25) is 0 Å². The van der Waals surface area contributed by atoms with Gasteiger partial charge in [-0.05, 0) is 46.2 Å². The van der Waals surface area contributed by atoms with Crippen LogP contribution >= 0.6 is 0 Å². The molecule has 0 fully saturated rings. The Morgan fingerprint density at radius 2 is 2.09 bits per heavy atom. The molecule has 0 bridgehead atoms. The SMILES string of the molecule is COc1cc(/C=N/NC(=O)c2nnn(-c3nonc3N)c2CN(C)c2ccccc2)ccc1O. The molecule has 0 unspecified atom stereocenters. The van der Waals surface area contributed by atoms with Gasteiger partial charge in [0.25, 0.3) is 5.91 Å². The lowest BCUT2D eigenvalue weighted by Crippen LogP contribution is -2.24. The summed E-state index contributed by atoms with van der Waals surface area (Å²) in [6.07, 6.45) is 1.40. The number of nitrogens with one attached hydrogen (secondary N) is 1. The van der Waals surface area contributed by atoms with E-state index in [0.717, 1.165) is 5.69 Å². The van der Waals surface area contributed by atoms with Crippen molar-refractivity contribution in [2.24, 2.45) is 5.10 Å². The first-order valence-corrected chi connectivity index (χ1v) is 9.97. The van der Waals surface area contributed by atoms with E-state index in [-0.39, 0.29) is 35.4 Å². The first kappa shape index (κ1) is 22.3. The Labute approximate surface area is 193 Å². The molecule has 0 aliphatic heterocycles. The van der Waals surface area contributed by atoms with E-state index >= 15 is 0 Å². The van der Waals surface area contributed by atoms with Gasteiger partial charge >= 0.3 is 0 Å². The third-order valence-corrected chi connectivity index (χ3v) is 4.84. The predicted molar refractivity (Wildman–Crippen MR) is 122 cm³/mol. The van der Waals surface area contributed by atoms with Gasteiger partial charge in [-0.25, -0.2) is 10.1 Å². The van der Waals surface area contributed by atoms with Crippen LogP contribution in [0.25, 0.3) is 5.82 Å². The molecule has 4 rings (SSSR count). The van der Waals surface area contributed by atoms with Crippen LogP contribution in [0.4, 0.5) is 11.5 Å². The first-order valence-electron chi connectivity index (χ1n) is 9.97. The summed E-state index contributed by atoms with van der Waals surface area (Å²) in [5.41, 5.74) is 10.2. The Morgan fingerprint density at radius 3 is 2.79 bits per heavy atom. The third kappa shape index (κ3) is 4.62. The maximum absolute atomic E-state index is 12.9. The van der Waals surface area contributed by atoms with Crippen molar-refractivity contribution < 1.29 is 19.3 Å². The lowest BCUT2D eigenvalue weighted by atomic mass is 10.2. The molecule has 0 spiro atoms. The minimum atomic E-state index is -0.597. The monoisotopic (exact) mass is 463 g/mol. The number of ether oxygens (including phenoxy) is 1. The summed E-state index contributed by atoms with van der Waals surface area (Å²) < 4.78 is 11.0. The summed E-state index contributed by atoms with van der Waals surface area (Å²) in [5, 5.41) is 29.0. The van der Waals surface area contributed by atoms with Crippen LogP contribution in [-0.2, 0) is 6.54 Å². The maximum Gasteiger partial charge on any atom is 0.293 e. The number of methoxy groups -OCH3 is 1. The summed E-state index contributed by atoms with van der Waals surface area (Å²) in [7, 11) is 3.29. The Kier molecular flexibility index (Phi) is 6.34. The van der Waals surface area contributed by atoms with Gasteiger partial charge in [-0.15, -0.1) is 5.10 Å². The van der Waals surface area contributed by atoms with Crippen molar-refractivity contribution in [3.8, 4) is 17.3 Å². The molecule has 0 aliphatic carbocycles. The van der Waals surface area contributed by atoms with E-state index in [0.29, 0.717) is 11.3 Å². The number of para-hydroxylation sites is 1. The number of carbonyl (C=O) groups excluding carboxylic acids is 1. The average molecular weight is 463 g/mol. The summed E-state index contributed by atoms with van der Waals surface area (Å²) in [6, 6.07) is 14.2. The lowest BCUT2D eigenvalue weighted by molar-refractivity contribution is 0.0949. The molecule has 0 saturated heterocycles. The molecular formula is C21H21N9O4. The Bertz CT molecular complexity index is 1320. The highest BCUT2D eigenvalue weighted by molar-refractivity contribution is 5.94. The predicted octanol–water partition coefficient (Wildman–Crippen LogP) is 1.35. The highest BCUT2D eigenvalue weighted by atomic mass is 16.6. The normalized spacial score (nSPS) is 11.0. The molecule has 0 atom stereocenters. The maximum atomic E-state index is 12.9. The Balaban J connectivity index is 1.60. The summed E-state index contributed by atoms with van der Waals surface area (Å²) in [4.78, 5) is 14.8. The molecule has 2 aromatic carbocycles. The summed E-state index contributed by atoms with van der Waals surface area (Å²) >= 11 is 0. The number of hydrogen-bond acceptors (Lipinski definition) is 11. The van der Waals surface area contributed by atoms with Gasteiger partial charge in [0.2, 0.25) is 11.6 Å². The zero-order valence-corrected chi connectivity index (χ0v) is 18.3. The van der Waals surface area contributed by atoms with E-state index in [1.807, 2.05) is 42.3 Å². The number of nitrogens with zero attached hydrogens (tertiary/aromatic N) is 7. The van der Waals surface area contributed by atoms with Crippen LogP contribution in [0.15, 0.2) is 58.3 Å². The zero-order valence-electron chi connectivity index (χ0n) is 18.3. The number of aromatic nitrogens is 5. The van der Waals surface area contributed by atoms with Crippen LogP contribution in [0.3, 0.4) is 0 Å². The molecule has 13 heteroatoms. The quantitative estimate of drug-likeness (QED) is 0.256. The van der Waals surface area contributed by atoms with E-state index < -0.39 is 5.91 Å². The largest absolute Gasteiger partial charge is 0.504 e. The number of benzene rings is 2. The molecule has 13 nitrogen and oxygen atoms in total. The van der Waals surface area contributed by atoms with Crippen LogP contribution < -0.4 is 20.8 Å². The number of amides is 1. The van der Waals surface area contributed by atoms with Gasteiger partial charge in [0.05, 0.1) is 25.6 Å². The van der Waals surface area contributed by atoms with Gasteiger partial charge in [-0.1, -0.05) is 23.4 Å². The number of anilines is 2. The fourth-order valence-corrected chi connectivity index (χ4v) is 3.12. The fraction of sp³-hybridized carbons (Fsp3) is 0.143. The highest BCUT2D eigenvalue weighted by Crippen LogP contribution is 2.25. The first-order chi connectivity index (χ1) is 16.5. The zero-order chi connectivity index (χ0) is 24.1. The summed E-state index contributed by atoms with van der Waals surface area (Å²) in [6.45, 7) is 0.241. The number of hydrazone groups is 1. The van der Waals surface area contributed by atoms with Crippen LogP contribution in [0.1, 0.15) is 21.7 Å². The molecule has 0 radical (unpaired) electrons. The summed E-state index contributed by atoms with van der Waals surface area (Å²) in [5.74, 6) is -0.209. The topological polar surface area (TPSA) is 170 Å². The number of carbonyl (C=O) groups is 1.